The van der Waals surface area contributed by atoms with E-state index in [1.807, 2.05) is 20.8 Å². The lowest BCUT2D eigenvalue weighted by molar-refractivity contribution is -0.143. The van der Waals surface area contributed by atoms with Gasteiger partial charge < -0.3 is 16.0 Å². The van der Waals surface area contributed by atoms with Crippen LogP contribution in [0.3, 0.4) is 0 Å². The van der Waals surface area contributed by atoms with Gasteiger partial charge >= 0.3 is 0 Å². The lowest BCUT2D eigenvalue weighted by atomic mass is 9.87. The monoisotopic (exact) mass is 447 g/mol. The predicted molar refractivity (Wildman–Crippen MR) is 117 cm³/mol. The number of carbonyl (C=O) groups is 2. The highest BCUT2D eigenvalue weighted by molar-refractivity contribution is 6.30. The molecule has 2 heterocycles. The van der Waals surface area contributed by atoms with Crippen LogP contribution in [0, 0.1) is 5.41 Å². The zero-order valence-electron chi connectivity index (χ0n) is 18.2. The molecule has 1 aromatic carbocycles. The Morgan fingerprint density at radius 2 is 2.10 bits per heavy atom. The third-order valence-electron chi connectivity index (χ3n) is 5.33. The van der Waals surface area contributed by atoms with Crippen LogP contribution in [0.2, 0.25) is 5.02 Å². The Kier molecular flexibility index (Phi) is 7.27. The first-order chi connectivity index (χ1) is 14.7. The van der Waals surface area contributed by atoms with E-state index >= 15 is 0 Å². The SMILES string of the molecule is CC(C)(C)CC(N)C(=O)N1CCCC[C@H]1C(=O)NCc1cc(Cl)ccc1-n1cnnn1. The maximum absolute atomic E-state index is 13.1. The van der Waals surface area contributed by atoms with E-state index in [1.54, 1.807) is 23.1 Å². The molecule has 0 radical (unpaired) electrons. The largest absolute Gasteiger partial charge is 0.350 e. The summed E-state index contributed by atoms with van der Waals surface area (Å²) in [6, 6.07) is 4.15. The zero-order valence-corrected chi connectivity index (χ0v) is 19.0. The summed E-state index contributed by atoms with van der Waals surface area (Å²) < 4.78 is 1.51. The first-order valence-electron chi connectivity index (χ1n) is 10.5. The van der Waals surface area contributed by atoms with E-state index in [9.17, 15) is 9.59 Å². The van der Waals surface area contributed by atoms with Crippen LogP contribution in [0.5, 0.6) is 0 Å². The Labute approximate surface area is 187 Å². The van der Waals surface area contributed by atoms with Crippen LogP contribution in [-0.2, 0) is 16.1 Å². The molecule has 1 unspecified atom stereocenters. The van der Waals surface area contributed by atoms with E-state index in [-0.39, 0.29) is 23.8 Å². The van der Waals surface area contributed by atoms with Crippen molar-refractivity contribution in [3.05, 3.63) is 35.1 Å². The van der Waals surface area contributed by atoms with Crippen molar-refractivity contribution >= 4 is 23.4 Å². The smallest absolute Gasteiger partial charge is 0.243 e. The number of likely N-dealkylation sites (tertiary alicyclic amines) is 1. The van der Waals surface area contributed by atoms with Gasteiger partial charge in [-0.1, -0.05) is 32.4 Å². The van der Waals surface area contributed by atoms with Crippen molar-refractivity contribution in [3.8, 4) is 5.69 Å². The van der Waals surface area contributed by atoms with Gasteiger partial charge in [0, 0.05) is 18.1 Å². The van der Waals surface area contributed by atoms with E-state index in [4.69, 9.17) is 17.3 Å². The molecule has 168 valence electrons. The molecule has 0 saturated carbocycles. The Morgan fingerprint density at radius 1 is 1.32 bits per heavy atom. The van der Waals surface area contributed by atoms with Gasteiger partial charge in [-0.25, -0.2) is 4.68 Å². The molecule has 1 fully saturated rings. The number of aromatic nitrogens is 4. The summed E-state index contributed by atoms with van der Waals surface area (Å²) in [7, 11) is 0. The quantitative estimate of drug-likeness (QED) is 0.699. The molecule has 0 spiro atoms. The molecule has 1 saturated heterocycles. The molecule has 2 atom stereocenters. The van der Waals surface area contributed by atoms with Crippen LogP contribution in [0.25, 0.3) is 5.69 Å². The van der Waals surface area contributed by atoms with Gasteiger partial charge in [-0.05, 0) is 65.3 Å². The second kappa shape index (κ2) is 9.74. The Morgan fingerprint density at radius 3 is 2.77 bits per heavy atom. The molecule has 31 heavy (non-hydrogen) atoms. The van der Waals surface area contributed by atoms with Crippen LogP contribution in [-0.4, -0.2) is 55.5 Å². The molecule has 0 bridgehead atoms. The molecule has 2 amide bonds. The highest BCUT2D eigenvalue weighted by atomic mass is 35.5. The fourth-order valence-electron chi connectivity index (χ4n) is 3.92. The van der Waals surface area contributed by atoms with Crippen LogP contribution in [0.1, 0.15) is 52.0 Å². The number of amides is 2. The number of halogens is 1. The average molecular weight is 448 g/mol. The Bertz CT molecular complexity index is 911. The van der Waals surface area contributed by atoms with Crippen molar-refractivity contribution in [1.82, 2.24) is 30.4 Å². The number of nitrogens with one attached hydrogen (secondary N) is 1. The molecule has 3 N–H and O–H groups in total. The number of carbonyl (C=O) groups excluding carboxylic acids is 2. The standard InChI is InChI=1S/C21H30ClN7O2/c1-21(2,3)11-16(23)20(31)28-9-5-4-6-18(28)19(30)24-12-14-10-15(22)7-8-17(14)29-13-25-26-27-29/h7-8,10,13,16,18H,4-6,9,11-12,23H2,1-3H3,(H,24,30)/t16?,18-/m0/s1. The molecule has 3 rings (SSSR count). The third-order valence-corrected chi connectivity index (χ3v) is 5.56. The van der Waals surface area contributed by atoms with E-state index in [2.05, 4.69) is 20.8 Å². The normalized spacial score (nSPS) is 18.0. The van der Waals surface area contributed by atoms with Crippen molar-refractivity contribution in [1.29, 1.82) is 0 Å². The molecule has 0 aliphatic carbocycles. The minimum Gasteiger partial charge on any atom is -0.350 e. The van der Waals surface area contributed by atoms with Gasteiger partial charge in [0.15, 0.2) is 0 Å². The summed E-state index contributed by atoms with van der Waals surface area (Å²) in [5, 5.41) is 14.7. The van der Waals surface area contributed by atoms with Gasteiger partial charge in [-0.3, -0.25) is 9.59 Å². The summed E-state index contributed by atoms with van der Waals surface area (Å²) in [6.45, 7) is 6.93. The number of rotatable bonds is 6. The fraction of sp³-hybridized carbons (Fsp3) is 0.571. The van der Waals surface area contributed by atoms with Gasteiger partial charge in [0.1, 0.15) is 12.4 Å². The minimum atomic E-state index is -0.618. The molecule has 2 aromatic rings. The number of nitrogens with zero attached hydrogens (tertiary/aromatic N) is 5. The van der Waals surface area contributed by atoms with Crippen molar-refractivity contribution in [2.45, 2.75) is 65.1 Å². The highest BCUT2D eigenvalue weighted by Crippen LogP contribution is 2.24. The number of nitrogens with two attached hydrogens (primary N) is 1. The topological polar surface area (TPSA) is 119 Å². The van der Waals surface area contributed by atoms with Crippen molar-refractivity contribution < 1.29 is 9.59 Å². The van der Waals surface area contributed by atoms with Gasteiger partial charge in [-0.2, -0.15) is 0 Å². The number of piperidine rings is 1. The number of hydrogen-bond acceptors (Lipinski definition) is 6. The van der Waals surface area contributed by atoms with E-state index < -0.39 is 12.1 Å². The first-order valence-corrected chi connectivity index (χ1v) is 10.9. The third kappa shape index (κ3) is 6.01. The average Bonchev–Trinajstić information content (AvgIpc) is 3.25. The lowest BCUT2D eigenvalue weighted by Gasteiger charge is -2.37. The summed E-state index contributed by atoms with van der Waals surface area (Å²) in [4.78, 5) is 27.7. The van der Waals surface area contributed by atoms with Crippen molar-refractivity contribution in [2.24, 2.45) is 11.1 Å². The zero-order chi connectivity index (χ0) is 22.6. The second-order valence-electron chi connectivity index (χ2n) is 9.16. The molecule has 1 aliphatic rings. The molecule has 1 aromatic heterocycles. The molecule has 10 heteroatoms. The Balaban J connectivity index is 1.71. The van der Waals surface area contributed by atoms with Crippen LogP contribution < -0.4 is 11.1 Å². The summed E-state index contributed by atoms with van der Waals surface area (Å²) in [5.74, 6) is -0.356. The van der Waals surface area contributed by atoms with Crippen molar-refractivity contribution in [3.63, 3.8) is 0 Å². The predicted octanol–water partition coefficient (Wildman–Crippen LogP) is 2.08. The van der Waals surface area contributed by atoms with Gasteiger partial charge in [0.25, 0.3) is 0 Å². The Hall–Kier alpha value is -2.52. The number of benzene rings is 1. The van der Waals surface area contributed by atoms with Crippen LogP contribution >= 0.6 is 11.6 Å². The van der Waals surface area contributed by atoms with Gasteiger partial charge in [-0.15, -0.1) is 5.10 Å². The fourth-order valence-corrected chi connectivity index (χ4v) is 4.11. The minimum absolute atomic E-state index is 0.0676. The van der Waals surface area contributed by atoms with Gasteiger partial charge in [0.05, 0.1) is 11.7 Å². The van der Waals surface area contributed by atoms with Crippen molar-refractivity contribution in [2.75, 3.05) is 6.54 Å². The summed E-state index contributed by atoms with van der Waals surface area (Å²) >= 11 is 6.15. The van der Waals surface area contributed by atoms with E-state index in [1.165, 1.54) is 11.0 Å². The maximum Gasteiger partial charge on any atom is 0.243 e. The summed E-state index contributed by atoms with van der Waals surface area (Å²) in [5.41, 5.74) is 7.62. The number of hydrogen-bond donors (Lipinski definition) is 2. The number of tetrazole rings is 1. The van der Waals surface area contributed by atoms with Crippen LogP contribution in [0.4, 0.5) is 0 Å². The van der Waals surface area contributed by atoms with Crippen LogP contribution in [0.15, 0.2) is 24.5 Å². The first kappa shape index (κ1) is 23.1. The van der Waals surface area contributed by atoms with E-state index in [0.717, 1.165) is 24.1 Å². The highest BCUT2D eigenvalue weighted by Gasteiger charge is 2.35. The second-order valence-corrected chi connectivity index (χ2v) is 9.60. The lowest BCUT2D eigenvalue weighted by Crippen LogP contribution is -2.56. The molecule has 9 nitrogen and oxygen atoms in total. The maximum atomic E-state index is 13.1. The summed E-state index contributed by atoms with van der Waals surface area (Å²) in [6.07, 6.45) is 4.43. The van der Waals surface area contributed by atoms with E-state index in [0.29, 0.717) is 24.4 Å². The van der Waals surface area contributed by atoms with Gasteiger partial charge in [0.2, 0.25) is 11.8 Å². The molecular weight excluding hydrogens is 418 g/mol. The molecular formula is C21H30ClN7O2. The molecule has 1 aliphatic heterocycles.